The van der Waals surface area contributed by atoms with E-state index in [-0.39, 0.29) is 6.04 Å². The van der Waals surface area contributed by atoms with Gasteiger partial charge >= 0.3 is 0 Å². The SMILES string of the molecule is CC1=C(C2=NCC(c3ccccc3)S2)C(c2ccc(Cl)c(Cl)c2)n2nccc2N1. The molecule has 0 amide bonds. The number of benzene rings is 2. The van der Waals surface area contributed by atoms with Gasteiger partial charge in [-0.3, -0.25) is 4.99 Å². The van der Waals surface area contributed by atoms with Crippen molar-refractivity contribution in [3.63, 3.8) is 0 Å². The molecule has 0 saturated heterocycles. The van der Waals surface area contributed by atoms with Gasteiger partial charge in [0.25, 0.3) is 0 Å². The number of fused-ring (bicyclic) bond motifs is 1. The van der Waals surface area contributed by atoms with E-state index in [0.717, 1.165) is 34.2 Å². The summed E-state index contributed by atoms with van der Waals surface area (Å²) in [6.07, 6.45) is 1.81. The summed E-state index contributed by atoms with van der Waals surface area (Å²) in [4.78, 5) is 4.92. The Morgan fingerprint density at radius 2 is 1.86 bits per heavy atom. The molecule has 3 aromatic rings. The van der Waals surface area contributed by atoms with Crippen molar-refractivity contribution in [1.82, 2.24) is 9.78 Å². The molecule has 2 aliphatic rings. The van der Waals surface area contributed by atoms with E-state index in [1.54, 1.807) is 6.20 Å². The van der Waals surface area contributed by atoms with Gasteiger partial charge in [0.1, 0.15) is 11.9 Å². The fourth-order valence-electron chi connectivity index (χ4n) is 3.84. The number of hydrogen-bond acceptors (Lipinski definition) is 4. The van der Waals surface area contributed by atoms with Crippen molar-refractivity contribution >= 4 is 45.8 Å². The Hall–Kier alpha value is -2.21. The van der Waals surface area contributed by atoms with Crippen molar-refractivity contribution in [2.75, 3.05) is 11.9 Å². The molecule has 3 heterocycles. The van der Waals surface area contributed by atoms with Gasteiger partial charge < -0.3 is 5.32 Å². The van der Waals surface area contributed by atoms with E-state index in [1.807, 2.05) is 46.8 Å². The summed E-state index contributed by atoms with van der Waals surface area (Å²) in [6.45, 7) is 2.86. The number of hydrogen-bond donors (Lipinski definition) is 1. The molecular weight excluding hydrogens is 423 g/mol. The molecular formula is C22H18Cl2N4S. The highest BCUT2D eigenvalue weighted by atomic mass is 35.5. The highest BCUT2D eigenvalue weighted by Gasteiger charge is 2.35. The highest BCUT2D eigenvalue weighted by molar-refractivity contribution is 8.14. The minimum atomic E-state index is -0.114. The third-order valence-corrected chi connectivity index (χ3v) is 7.24. The van der Waals surface area contributed by atoms with Gasteiger partial charge in [0, 0.05) is 17.3 Å². The summed E-state index contributed by atoms with van der Waals surface area (Å²) >= 11 is 14.3. The quantitative estimate of drug-likeness (QED) is 0.514. The molecule has 0 spiro atoms. The van der Waals surface area contributed by atoms with Gasteiger partial charge in [0.05, 0.1) is 33.1 Å². The Morgan fingerprint density at radius 3 is 2.66 bits per heavy atom. The largest absolute Gasteiger partial charge is 0.344 e. The van der Waals surface area contributed by atoms with Gasteiger partial charge in [-0.1, -0.05) is 71.4 Å². The molecule has 5 rings (SSSR count). The topological polar surface area (TPSA) is 42.2 Å². The number of thioether (sulfide) groups is 1. The summed E-state index contributed by atoms with van der Waals surface area (Å²) < 4.78 is 1.99. The number of aliphatic imine (C=N–C) groups is 1. The first kappa shape index (κ1) is 18.8. The smallest absolute Gasteiger partial charge is 0.129 e. The summed E-state index contributed by atoms with van der Waals surface area (Å²) in [7, 11) is 0. The zero-order chi connectivity index (χ0) is 20.0. The lowest BCUT2D eigenvalue weighted by Gasteiger charge is -2.30. The zero-order valence-corrected chi connectivity index (χ0v) is 18.0. The lowest BCUT2D eigenvalue weighted by Crippen LogP contribution is -2.27. The predicted octanol–water partition coefficient (Wildman–Crippen LogP) is 6.37. The first-order valence-electron chi connectivity index (χ1n) is 9.34. The maximum Gasteiger partial charge on any atom is 0.129 e. The van der Waals surface area contributed by atoms with E-state index >= 15 is 0 Å². The van der Waals surface area contributed by atoms with Crippen LogP contribution in [-0.4, -0.2) is 21.4 Å². The molecule has 0 aliphatic carbocycles. The van der Waals surface area contributed by atoms with Crippen molar-refractivity contribution in [3.8, 4) is 0 Å². The van der Waals surface area contributed by atoms with Crippen LogP contribution in [0.5, 0.6) is 0 Å². The summed E-state index contributed by atoms with van der Waals surface area (Å²) in [6, 6.07) is 18.2. The van der Waals surface area contributed by atoms with Crippen LogP contribution >= 0.6 is 35.0 Å². The summed E-state index contributed by atoms with van der Waals surface area (Å²) in [5, 5.41) is 10.5. The van der Waals surface area contributed by atoms with E-state index in [4.69, 9.17) is 28.2 Å². The number of halogens is 2. The second-order valence-electron chi connectivity index (χ2n) is 7.06. The van der Waals surface area contributed by atoms with Crippen molar-refractivity contribution in [1.29, 1.82) is 0 Å². The van der Waals surface area contributed by atoms with Crippen LogP contribution in [0.2, 0.25) is 10.0 Å². The molecule has 2 atom stereocenters. The number of aromatic nitrogens is 2. The average molecular weight is 441 g/mol. The Morgan fingerprint density at radius 1 is 1.03 bits per heavy atom. The Balaban J connectivity index is 1.56. The maximum absolute atomic E-state index is 6.35. The van der Waals surface area contributed by atoms with Crippen LogP contribution in [-0.2, 0) is 0 Å². The van der Waals surface area contributed by atoms with Crippen molar-refractivity contribution in [3.05, 3.63) is 93.2 Å². The molecule has 29 heavy (non-hydrogen) atoms. The van der Waals surface area contributed by atoms with E-state index in [0.29, 0.717) is 15.3 Å². The zero-order valence-electron chi connectivity index (χ0n) is 15.6. The van der Waals surface area contributed by atoms with E-state index < -0.39 is 0 Å². The average Bonchev–Trinajstić information content (AvgIpc) is 3.39. The second kappa shape index (κ2) is 7.56. The highest BCUT2D eigenvalue weighted by Crippen LogP contribution is 2.45. The number of nitrogens with one attached hydrogen (secondary N) is 1. The van der Waals surface area contributed by atoms with Crippen LogP contribution in [0.15, 0.2) is 77.1 Å². The van der Waals surface area contributed by atoms with E-state index in [1.165, 1.54) is 5.56 Å². The third-order valence-electron chi connectivity index (χ3n) is 5.22. The molecule has 0 radical (unpaired) electrons. The van der Waals surface area contributed by atoms with Crippen LogP contribution in [0, 0.1) is 0 Å². The molecule has 7 heteroatoms. The van der Waals surface area contributed by atoms with Gasteiger partial charge in [-0.25, -0.2) is 4.68 Å². The molecule has 4 nitrogen and oxygen atoms in total. The van der Waals surface area contributed by atoms with Crippen molar-refractivity contribution in [2.24, 2.45) is 4.99 Å². The van der Waals surface area contributed by atoms with Gasteiger partial charge in [0.15, 0.2) is 0 Å². The number of nitrogens with zero attached hydrogens (tertiary/aromatic N) is 3. The van der Waals surface area contributed by atoms with Gasteiger partial charge in [0.2, 0.25) is 0 Å². The number of allylic oxidation sites excluding steroid dienone is 1. The van der Waals surface area contributed by atoms with Crippen molar-refractivity contribution in [2.45, 2.75) is 18.2 Å². The monoisotopic (exact) mass is 440 g/mol. The molecule has 2 unspecified atom stereocenters. The third kappa shape index (κ3) is 3.37. The molecule has 2 aliphatic heterocycles. The fraction of sp³-hybridized carbons (Fsp3) is 0.182. The van der Waals surface area contributed by atoms with Gasteiger partial charge in [-0.15, -0.1) is 0 Å². The van der Waals surface area contributed by atoms with E-state index in [2.05, 4.69) is 41.6 Å². The summed E-state index contributed by atoms with van der Waals surface area (Å²) in [5.41, 5.74) is 4.54. The normalized spacial score (nSPS) is 21.0. The van der Waals surface area contributed by atoms with Crippen molar-refractivity contribution < 1.29 is 0 Å². The minimum absolute atomic E-state index is 0.114. The molecule has 146 valence electrons. The molecule has 0 saturated carbocycles. The number of rotatable bonds is 3. The lowest BCUT2D eigenvalue weighted by molar-refractivity contribution is 0.592. The van der Waals surface area contributed by atoms with E-state index in [9.17, 15) is 0 Å². The first-order chi connectivity index (χ1) is 14.1. The minimum Gasteiger partial charge on any atom is -0.344 e. The lowest BCUT2D eigenvalue weighted by atomic mass is 9.96. The van der Waals surface area contributed by atoms with Crippen LogP contribution in [0.1, 0.15) is 29.3 Å². The fourth-order valence-corrected chi connectivity index (χ4v) is 5.40. The maximum atomic E-state index is 6.35. The van der Waals surface area contributed by atoms with Gasteiger partial charge in [-0.05, 0) is 30.2 Å². The summed E-state index contributed by atoms with van der Waals surface area (Å²) in [5.74, 6) is 0.950. The van der Waals surface area contributed by atoms with Crippen LogP contribution in [0.4, 0.5) is 5.82 Å². The Bertz CT molecular complexity index is 1140. The number of anilines is 1. The molecule has 1 aromatic heterocycles. The second-order valence-corrected chi connectivity index (χ2v) is 9.07. The Labute approximate surface area is 183 Å². The van der Waals surface area contributed by atoms with Crippen LogP contribution in [0.3, 0.4) is 0 Å². The van der Waals surface area contributed by atoms with Gasteiger partial charge in [-0.2, -0.15) is 5.10 Å². The molecule has 0 fully saturated rings. The predicted molar refractivity (Wildman–Crippen MR) is 122 cm³/mol. The first-order valence-corrected chi connectivity index (χ1v) is 11.0. The van der Waals surface area contributed by atoms with Crippen LogP contribution in [0.25, 0.3) is 0 Å². The molecule has 1 N–H and O–H groups in total. The molecule has 0 bridgehead atoms. The molecule has 2 aromatic carbocycles. The van der Waals surface area contributed by atoms with Crippen LogP contribution < -0.4 is 5.32 Å². The standard InChI is InChI=1S/C22H18Cl2N4S/c1-13-20(22-25-12-18(29-22)14-5-3-2-4-6-14)21(28-19(27-13)9-10-26-28)15-7-8-16(23)17(24)11-15/h2-11,18,21,27H,12H2,1H3. The Kier molecular flexibility index (Phi) is 4.90.